The Morgan fingerprint density at radius 3 is 2.44 bits per heavy atom. The van der Waals surface area contributed by atoms with Crippen LogP contribution in [0.25, 0.3) is 0 Å². The average molecular weight is 477 g/mol. The maximum Gasteiger partial charge on any atom is 0.234 e. The molecule has 1 amide bonds. The van der Waals surface area contributed by atoms with Gasteiger partial charge in [-0.3, -0.25) is 4.79 Å². The van der Waals surface area contributed by atoms with Crippen molar-refractivity contribution < 1.29 is 4.79 Å². The van der Waals surface area contributed by atoms with Crippen LogP contribution in [0.5, 0.6) is 0 Å². The average Bonchev–Trinajstić information content (AvgIpc) is 3.68. The highest BCUT2D eigenvalue weighted by atomic mass is 32.2. The zero-order valence-corrected chi connectivity index (χ0v) is 20.2. The van der Waals surface area contributed by atoms with Gasteiger partial charge in [-0.1, -0.05) is 6.07 Å². The fraction of sp³-hybridized carbons (Fsp3) is 0.375. The number of hydrogen-bond acceptors (Lipinski definition) is 9. The first-order valence-electron chi connectivity index (χ1n) is 11.5. The SMILES string of the molecule is Cc1ccc(Nc2nc(Sc3ccc(NC(=O)C4CC4)cc3)nc(N3CCN(C)CC3)n2)nc1. The number of nitrogens with one attached hydrogen (secondary N) is 2. The van der Waals surface area contributed by atoms with E-state index in [0.717, 1.165) is 55.2 Å². The first kappa shape index (κ1) is 22.5. The van der Waals surface area contributed by atoms with Gasteiger partial charge in [0.15, 0.2) is 5.16 Å². The molecule has 10 heteroatoms. The second-order valence-corrected chi connectivity index (χ2v) is 9.81. The van der Waals surface area contributed by atoms with E-state index in [1.165, 1.54) is 11.8 Å². The summed E-state index contributed by atoms with van der Waals surface area (Å²) in [7, 11) is 2.12. The quantitative estimate of drug-likeness (QED) is 0.530. The number of aromatic nitrogens is 4. The largest absolute Gasteiger partial charge is 0.338 e. The summed E-state index contributed by atoms with van der Waals surface area (Å²) < 4.78 is 0. The summed E-state index contributed by atoms with van der Waals surface area (Å²) in [5.41, 5.74) is 1.90. The molecule has 5 rings (SSSR count). The van der Waals surface area contributed by atoms with Crippen molar-refractivity contribution in [2.24, 2.45) is 5.92 Å². The lowest BCUT2D eigenvalue weighted by Gasteiger charge is -2.32. The molecule has 0 spiro atoms. The van der Waals surface area contributed by atoms with Crippen LogP contribution in [0.1, 0.15) is 18.4 Å². The third-order valence-corrected chi connectivity index (χ3v) is 6.69. The van der Waals surface area contributed by atoms with Crippen molar-refractivity contribution in [3.8, 4) is 0 Å². The van der Waals surface area contributed by atoms with Crippen molar-refractivity contribution in [1.29, 1.82) is 0 Å². The third kappa shape index (κ3) is 5.81. The standard InChI is InChI=1S/C24H28N8OS/c1-16-3-10-20(25-15-16)27-22-28-23(32-13-11-31(2)12-14-32)30-24(29-22)34-19-8-6-18(7-9-19)26-21(33)17-4-5-17/h3,6-10,15,17H,4-5,11-14H2,1-2H3,(H,26,33)(H,25,27,28,29,30). The maximum absolute atomic E-state index is 12.0. The number of rotatable bonds is 7. The number of aryl methyl sites for hydroxylation is 1. The number of anilines is 4. The number of carbonyl (C=O) groups is 1. The Labute approximate surface area is 203 Å². The van der Waals surface area contributed by atoms with E-state index in [1.54, 1.807) is 0 Å². The lowest BCUT2D eigenvalue weighted by molar-refractivity contribution is -0.117. The zero-order chi connectivity index (χ0) is 23.5. The number of carbonyl (C=O) groups excluding carboxylic acids is 1. The van der Waals surface area contributed by atoms with Gasteiger partial charge < -0.3 is 20.4 Å². The summed E-state index contributed by atoms with van der Waals surface area (Å²) in [5, 5.41) is 6.80. The lowest BCUT2D eigenvalue weighted by Crippen LogP contribution is -2.45. The Hall–Kier alpha value is -3.24. The second-order valence-electron chi connectivity index (χ2n) is 8.77. The predicted octanol–water partition coefficient (Wildman–Crippen LogP) is 3.57. The summed E-state index contributed by atoms with van der Waals surface area (Å²) in [6.45, 7) is 5.65. The number of piperazine rings is 1. The molecule has 0 unspecified atom stereocenters. The molecular formula is C24H28N8OS. The molecule has 3 heterocycles. The molecule has 1 saturated heterocycles. The van der Waals surface area contributed by atoms with Crippen LogP contribution in [0.2, 0.25) is 0 Å². The predicted molar refractivity (Wildman–Crippen MR) is 134 cm³/mol. The van der Waals surface area contributed by atoms with E-state index < -0.39 is 0 Å². The van der Waals surface area contributed by atoms with Crippen LogP contribution in [0.15, 0.2) is 52.6 Å². The minimum absolute atomic E-state index is 0.107. The van der Waals surface area contributed by atoms with Crippen molar-refractivity contribution in [2.45, 2.75) is 29.8 Å². The molecule has 3 aromatic rings. The van der Waals surface area contributed by atoms with Crippen LogP contribution >= 0.6 is 11.8 Å². The van der Waals surface area contributed by atoms with Crippen LogP contribution in [-0.2, 0) is 4.79 Å². The van der Waals surface area contributed by atoms with Gasteiger partial charge in [0.05, 0.1) is 0 Å². The first-order chi connectivity index (χ1) is 16.5. The van der Waals surface area contributed by atoms with Crippen molar-refractivity contribution in [3.05, 3.63) is 48.2 Å². The molecule has 176 valence electrons. The van der Waals surface area contributed by atoms with E-state index in [9.17, 15) is 4.79 Å². The Bertz CT molecular complexity index is 1140. The van der Waals surface area contributed by atoms with Gasteiger partial charge in [0.2, 0.25) is 17.8 Å². The number of hydrogen-bond donors (Lipinski definition) is 2. The molecule has 2 aromatic heterocycles. The number of likely N-dealkylation sites (N-methyl/N-ethyl adjacent to an activating group) is 1. The molecule has 2 fully saturated rings. The van der Waals surface area contributed by atoms with Gasteiger partial charge in [-0.15, -0.1) is 0 Å². The van der Waals surface area contributed by atoms with Gasteiger partial charge in [-0.2, -0.15) is 15.0 Å². The third-order valence-electron chi connectivity index (χ3n) is 5.82. The number of benzene rings is 1. The van der Waals surface area contributed by atoms with Gasteiger partial charge in [-0.05, 0) is 74.5 Å². The van der Waals surface area contributed by atoms with E-state index in [2.05, 4.69) is 42.4 Å². The van der Waals surface area contributed by atoms with Gasteiger partial charge >= 0.3 is 0 Å². The monoisotopic (exact) mass is 476 g/mol. The van der Waals surface area contributed by atoms with E-state index in [-0.39, 0.29) is 11.8 Å². The second kappa shape index (κ2) is 9.94. The molecule has 1 saturated carbocycles. The smallest absolute Gasteiger partial charge is 0.234 e. The first-order valence-corrected chi connectivity index (χ1v) is 12.3. The van der Waals surface area contributed by atoms with Gasteiger partial charge in [-0.25, -0.2) is 4.98 Å². The Morgan fingerprint density at radius 1 is 1.00 bits per heavy atom. The van der Waals surface area contributed by atoms with E-state index >= 15 is 0 Å². The molecular weight excluding hydrogens is 448 g/mol. The lowest BCUT2D eigenvalue weighted by atomic mass is 10.3. The molecule has 0 radical (unpaired) electrons. The maximum atomic E-state index is 12.0. The van der Waals surface area contributed by atoms with Gasteiger partial charge in [0.1, 0.15) is 5.82 Å². The topological polar surface area (TPSA) is 99.2 Å². The van der Waals surface area contributed by atoms with E-state index in [4.69, 9.17) is 4.98 Å². The molecule has 1 aliphatic carbocycles. The molecule has 1 aliphatic heterocycles. The van der Waals surface area contributed by atoms with Crippen molar-refractivity contribution in [1.82, 2.24) is 24.8 Å². The van der Waals surface area contributed by atoms with Crippen molar-refractivity contribution in [3.63, 3.8) is 0 Å². The van der Waals surface area contributed by atoms with Gasteiger partial charge in [0, 0.05) is 48.9 Å². The molecule has 2 aliphatic rings. The summed E-state index contributed by atoms with van der Waals surface area (Å²) >= 11 is 1.47. The molecule has 0 atom stereocenters. The summed E-state index contributed by atoms with van der Waals surface area (Å²) in [6, 6.07) is 11.7. The summed E-state index contributed by atoms with van der Waals surface area (Å²) in [6.07, 6.45) is 3.79. The Balaban J connectivity index is 1.35. The molecule has 34 heavy (non-hydrogen) atoms. The number of amides is 1. The minimum Gasteiger partial charge on any atom is -0.338 e. The molecule has 9 nitrogen and oxygen atoms in total. The van der Waals surface area contributed by atoms with Crippen LogP contribution < -0.4 is 15.5 Å². The van der Waals surface area contributed by atoms with Crippen LogP contribution in [0.3, 0.4) is 0 Å². The van der Waals surface area contributed by atoms with Crippen LogP contribution in [0.4, 0.5) is 23.4 Å². The normalized spacial score (nSPS) is 16.4. The summed E-state index contributed by atoms with van der Waals surface area (Å²) in [4.78, 5) is 36.0. The minimum atomic E-state index is 0.107. The summed E-state index contributed by atoms with van der Waals surface area (Å²) in [5.74, 6) is 2.11. The van der Waals surface area contributed by atoms with Crippen molar-refractivity contribution >= 4 is 41.1 Å². The van der Waals surface area contributed by atoms with E-state index in [0.29, 0.717) is 22.9 Å². The van der Waals surface area contributed by atoms with Crippen LogP contribution in [-0.4, -0.2) is 64.0 Å². The number of nitrogens with zero attached hydrogens (tertiary/aromatic N) is 6. The van der Waals surface area contributed by atoms with Crippen molar-refractivity contribution in [2.75, 3.05) is 48.8 Å². The molecule has 2 N–H and O–H groups in total. The molecule has 1 aromatic carbocycles. The van der Waals surface area contributed by atoms with Gasteiger partial charge in [0.25, 0.3) is 0 Å². The highest BCUT2D eigenvalue weighted by Crippen LogP contribution is 2.31. The highest BCUT2D eigenvalue weighted by Gasteiger charge is 2.29. The van der Waals surface area contributed by atoms with Crippen LogP contribution in [0, 0.1) is 12.8 Å². The number of pyridine rings is 1. The zero-order valence-electron chi connectivity index (χ0n) is 19.4. The highest BCUT2D eigenvalue weighted by molar-refractivity contribution is 7.99. The van der Waals surface area contributed by atoms with E-state index in [1.807, 2.05) is 49.5 Å². The molecule has 0 bridgehead atoms. The fourth-order valence-corrected chi connectivity index (χ4v) is 4.30. The Morgan fingerprint density at radius 2 is 1.76 bits per heavy atom. The fourth-order valence-electron chi connectivity index (χ4n) is 3.55. The Kier molecular flexibility index (Phi) is 6.59.